The van der Waals surface area contributed by atoms with Crippen molar-refractivity contribution in [1.29, 1.82) is 0 Å². The van der Waals surface area contributed by atoms with Crippen LogP contribution in [0.15, 0.2) is 30.5 Å². The van der Waals surface area contributed by atoms with Crippen LogP contribution in [0.3, 0.4) is 0 Å². The summed E-state index contributed by atoms with van der Waals surface area (Å²) >= 11 is 0. The van der Waals surface area contributed by atoms with Gasteiger partial charge < -0.3 is 4.57 Å². The van der Waals surface area contributed by atoms with Crippen LogP contribution in [0.5, 0.6) is 0 Å². The van der Waals surface area contributed by atoms with Crippen LogP contribution in [0.1, 0.15) is 43.4 Å². The number of aryl methyl sites for hydroxylation is 2. The van der Waals surface area contributed by atoms with Crippen LogP contribution < -0.4 is 0 Å². The molecule has 3 rings (SSSR count). The van der Waals surface area contributed by atoms with Crippen LogP contribution in [-0.4, -0.2) is 14.3 Å². The standard InChI is InChI=1S/C19H23FN3/c1-5-6-7-13(2)18-14(3)21-22(4)19(18)23-11-10-15-12-16(20)8-9-17(15)23/h8-13H,2,5-7H2,1,3-4H3. The molecule has 1 radical (unpaired) electrons. The molecule has 2 heterocycles. The van der Waals surface area contributed by atoms with Crippen molar-refractivity contribution in [3.63, 3.8) is 0 Å². The van der Waals surface area contributed by atoms with E-state index in [-0.39, 0.29) is 11.7 Å². The molecule has 1 atom stereocenters. The van der Waals surface area contributed by atoms with Gasteiger partial charge in [0.15, 0.2) is 0 Å². The average Bonchev–Trinajstić information content (AvgIpc) is 3.04. The number of hydrogen-bond acceptors (Lipinski definition) is 1. The Morgan fingerprint density at radius 2 is 2.09 bits per heavy atom. The summed E-state index contributed by atoms with van der Waals surface area (Å²) in [6.45, 7) is 8.59. The first kappa shape index (κ1) is 15.8. The minimum Gasteiger partial charge on any atom is -0.301 e. The second-order valence-electron chi connectivity index (χ2n) is 6.17. The van der Waals surface area contributed by atoms with E-state index < -0.39 is 0 Å². The van der Waals surface area contributed by atoms with Crippen LogP contribution in [0, 0.1) is 19.7 Å². The first-order chi connectivity index (χ1) is 11.0. The van der Waals surface area contributed by atoms with E-state index in [1.807, 2.05) is 37.0 Å². The van der Waals surface area contributed by atoms with Crippen LogP contribution in [-0.2, 0) is 7.05 Å². The minimum absolute atomic E-state index is 0.205. The second-order valence-corrected chi connectivity index (χ2v) is 6.17. The van der Waals surface area contributed by atoms with Gasteiger partial charge >= 0.3 is 0 Å². The first-order valence-corrected chi connectivity index (χ1v) is 8.16. The number of benzene rings is 1. The Bertz CT molecular complexity index is 829. The van der Waals surface area contributed by atoms with E-state index in [9.17, 15) is 4.39 Å². The molecule has 1 aromatic carbocycles. The van der Waals surface area contributed by atoms with Gasteiger partial charge in [0, 0.05) is 24.2 Å². The van der Waals surface area contributed by atoms with Gasteiger partial charge in [0.25, 0.3) is 0 Å². The quantitative estimate of drug-likeness (QED) is 0.655. The molecule has 4 heteroatoms. The van der Waals surface area contributed by atoms with E-state index in [1.165, 1.54) is 11.6 Å². The number of nitrogens with zero attached hydrogens (tertiary/aromatic N) is 3. The number of fused-ring (bicyclic) bond motifs is 1. The molecule has 3 nitrogen and oxygen atoms in total. The summed E-state index contributed by atoms with van der Waals surface area (Å²) in [4.78, 5) is 0. The molecule has 23 heavy (non-hydrogen) atoms. The van der Waals surface area contributed by atoms with Crippen LogP contribution >= 0.6 is 0 Å². The minimum atomic E-state index is -0.213. The first-order valence-electron chi connectivity index (χ1n) is 8.16. The molecule has 0 aliphatic heterocycles. The summed E-state index contributed by atoms with van der Waals surface area (Å²) < 4.78 is 17.4. The highest BCUT2D eigenvalue weighted by Gasteiger charge is 2.21. The summed E-state index contributed by atoms with van der Waals surface area (Å²) in [5.74, 6) is 1.02. The largest absolute Gasteiger partial charge is 0.301 e. The monoisotopic (exact) mass is 312 g/mol. The van der Waals surface area contributed by atoms with Crippen molar-refractivity contribution >= 4 is 10.9 Å². The van der Waals surface area contributed by atoms with Gasteiger partial charge in [-0.05, 0) is 50.5 Å². The Labute approximate surface area is 136 Å². The van der Waals surface area contributed by atoms with E-state index in [0.717, 1.165) is 41.7 Å². The molecular formula is C19H23FN3. The number of rotatable bonds is 5. The summed E-state index contributed by atoms with van der Waals surface area (Å²) in [5, 5.41) is 5.49. The fraction of sp³-hybridized carbons (Fsp3) is 0.368. The second kappa shape index (κ2) is 6.19. The number of hydrogen-bond donors (Lipinski definition) is 0. The van der Waals surface area contributed by atoms with Crippen LogP contribution in [0.4, 0.5) is 4.39 Å². The Morgan fingerprint density at radius 1 is 1.30 bits per heavy atom. The molecule has 0 aliphatic rings. The van der Waals surface area contributed by atoms with Crippen LogP contribution in [0.2, 0.25) is 0 Å². The van der Waals surface area contributed by atoms with Gasteiger partial charge in [-0.2, -0.15) is 5.10 Å². The maximum atomic E-state index is 13.4. The smallest absolute Gasteiger partial charge is 0.138 e. The van der Waals surface area contributed by atoms with Gasteiger partial charge in [-0.1, -0.05) is 19.8 Å². The lowest BCUT2D eigenvalue weighted by molar-refractivity contribution is 0.629. The van der Waals surface area contributed by atoms with Crippen molar-refractivity contribution in [1.82, 2.24) is 14.3 Å². The lowest BCUT2D eigenvalue weighted by Gasteiger charge is -2.15. The third-order valence-corrected chi connectivity index (χ3v) is 4.43. The zero-order valence-electron chi connectivity index (χ0n) is 14.0. The van der Waals surface area contributed by atoms with Gasteiger partial charge in [-0.25, -0.2) is 4.39 Å². The van der Waals surface area contributed by atoms with Crippen molar-refractivity contribution in [3.8, 4) is 5.82 Å². The summed E-state index contributed by atoms with van der Waals surface area (Å²) in [6, 6.07) is 6.82. The highest BCUT2D eigenvalue weighted by atomic mass is 19.1. The molecular weight excluding hydrogens is 289 g/mol. The van der Waals surface area contributed by atoms with Crippen molar-refractivity contribution in [2.45, 2.75) is 39.0 Å². The van der Waals surface area contributed by atoms with Gasteiger partial charge in [-0.15, -0.1) is 0 Å². The SMILES string of the molecule is [CH2]C(CCCC)c1c(C)nn(C)c1-n1ccc2cc(F)ccc21. The number of halogens is 1. The highest BCUT2D eigenvalue weighted by molar-refractivity contribution is 5.82. The molecule has 2 aromatic heterocycles. The van der Waals surface area contributed by atoms with Crippen molar-refractivity contribution < 1.29 is 4.39 Å². The molecule has 1 unspecified atom stereocenters. The summed E-state index contributed by atoms with van der Waals surface area (Å²) in [5.41, 5.74) is 3.18. The Kier molecular flexibility index (Phi) is 4.24. The van der Waals surface area contributed by atoms with E-state index in [0.29, 0.717) is 0 Å². The fourth-order valence-electron chi connectivity index (χ4n) is 3.32. The van der Waals surface area contributed by atoms with Gasteiger partial charge in [-0.3, -0.25) is 4.68 Å². The van der Waals surface area contributed by atoms with E-state index in [1.54, 1.807) is 6.07 Å². The summed E-state index contributed by atoms with van der Waals surface area (Å²) in [7, 11) is 1.95. The molecule has 0 spiro atoms. The maximum absolute atomic E-state index is 13.4. The zero-order chi connectivity index (χ0) is 16.6. The number of unbranched alkanes of at least 4 members (excludes halogenated alkanes) is 1. The third-order valence-electron chi connectivity index (χ3n) is 4.43. The molecule has 121 valence electrons. The van der Waals surface area contributed by atoms with Gasteiger partial charge in [0.2, 0.25) is 0 Å². The fourth-order valence-corrected chi connectivity index (χ4v) is 3.32. The Balaban J connectivity index is 2.15. The topological polar surface area (TPSA) is 22.8 Å². The normalized spacial score (nSPS) is 12.9. The lowest BCUT2D eigenvalue weighted by atomic mass is 9.95. The Morgan fingerprint density at radius 3 is 2.83 bits per heavy atom. The van der Waals surface area contributed by atoms with E-state index in [4.69, 9.17) is 0 Å². The molecule has 0 aliphatic carbocycles. The predicted molar refractivity (Wildman–Crippen MR) is 92.4 cm³/mol. The molecule has 0 saturated heterocycles. The van der Waals surface area contributed by atoms with E-state index >= 15 is 0 Å². The molecule has 0 fully saturated rings. The summed E-state index contributed by atoms with van der Waals surface area (Å²) in [6.07, 6.45) is 5.34. The van der Waals surface area contributed by atoms with Crippen molar-refractivity contribution in [2.75, 3.05) is 0 Å². The highest BCUT2D eigenvalue weighted by Crippen LogP contribution is 2.32. The molecule has 3 aromatic rings. The Hall–Kier alpha value is -2.10. The van der Waals surface area contributed by atoms with Crippen LogP contribution in [0.25, 0.3) is 16.7 Å². The third kappa shape index (κ3) is 2.78. The maximum Gasteiger partial charge on any atom is 0.138 e. The van der Waals surface area contributed by atoms with Gasteiger partial charge in [0.05, 0.1) is 11.2 Å². The van der Waals surface area contributed by atoms with E-state index in [2.05, 4.69) is 23.5 Å². The van der Waals surface area contributed by atoms with Crippen molar-refractivity contribution in [2.24, 2.45) is 7.05 Å². The number of aromatic nitrogens is 3. The zero-order valence-corrected chi connectivity index (χ0v) is 14.0. The molecule has 0 bridgehead atoms. The molecule has 0 N–H and O–H groups in total. The predicted octanol–water partition coefficient (Wildman–Crippen LogP) is 4.92. The van der Waals surface area contributed by atoms with Gasteiger partial charge in [0.1, 0.15) is 11.6 Å². The molecule has 0 saturated carbocycles. The average molecular weight is 312 g/mol. The van der Waals surface area contributed by atoms with Crippen molar-refractivity contribution in [3.05, 3.63) is 54.5 Å². The molecule has 0 amide bonds. The lowest BCUT2D eigenvalue weighted by Crippen LogP contribution is -2.06.